The monoisotopic (exact) mass is 397 g/mol. The fourth-order valence-electron chi connectivity index (χ4n) is 3.38. The Labute approximate surface area is 136 Å². The molecule has 21 heavy (non-hydrogen) atoms. The zero-order valence-electron chi connectivity index (χ0n) is 11.5. The molecular weight excluding hydrogens is 381 g/mol. The van der Waals surface area contributed by atoms with Gasteiger partial charge in [0.1, 0.15) is 6.04 Å². The summed E-state index contributed by atoms with van der Waals surface area (Å²) in [5.74, 6) is -0.00598. The van der Waals surface area contributed by atoms with Gasteiger partial charge in [0.05, 0.1) is 5.56 Å². The normalized spacial score (nSPS) is 25.1. The van der Waals surface area contributed by atoms with Crippen molar-refractivity contribution in [1.29, 1.82) is 0 Å². The summed E-state index contributed by atoms with van der Waals surface area (Å²) in [6.45, 7) is 3.21. The Morgan fingerprint density at radius 1 is 1.24 bits per heavy atom. The fourth-order valence-corrected chi connectivity index (χ4v) is 4.33. The Kier molecular flexibility index (Phi) is 3.09. The van der Waals surface area contributed by atoms with Crippen LogP contribution in [0.5, 0.6) is 0 Å². The van der Waals surface area contributed by atoms with E-state index < -0.39 is 0 Å². The molecule has 1 aromatic carbocycles. The van der Waals surface area contributed by atoms with Gasteiger partial charge in [-0.25, -0.2) is 0 Å². The first-order chi connectivity index (χ1) is 10.1. The lowest BCUT2D eigenvalue weighted by atomic mass is 10.0. The lowest BCUT2D eigenvalue weighted by Gasteiger charge is -2.38. The molecule has 5 nitrogen and oxygen atoms in total. The first-order valence-electron chi connectivity index (χ1n) is 7.25. The lowest BCUT2D eigenvalue weighted by molar-refractivity contribution is -0.123. The Morgan fingerprint density at radius 3 is 2.71 bits per heavy atom. The molecule has 4 rings (SSSR count). The maximum Gasteiger partial charge on any atom is 0.257 e. The van der Waals surface area contributed by atoms with Crippen LogP contribution in [-0.2, 0) is 11.3 Å². The van der Waals surface area contributed by atoms with E-state index in [0.29, 0.717) is 23.4 Å². The molecule has 0 saturated carbocycles. The van der Waals surface area contributed by atoms with Gasteiger partial charge in [-0.3, -0.25) is 9.59 Å². The Morgan fingerprint density at radius 2 is 2.05 bits per heavy atom. The molecule has 1 unspecified atom stereocenters. The SMILES string of the molecule is O=C1NCCC1N1Cc2cccc(N3CC(I)C3)c2C1=O. The molecule has 0 aliphatic carbocycles. The topological polar surface area (TPSA) is 52.7 Å². The van der Waals surface area contributed by atoms with Crippen LogP contribution in [0.25, 0.3) is 0 Å². The van der Waals surface area contributed by atoms with Crippen LogP contribution in [0, 0.1) is 0 Å². The average Bonchev–Trinajstić information content (AvgIpc) is 2.99. The molecule has 1 atom stereocenters. The number of carbonyl (C=O) groups excluding carboxylic acids is 2. The van der Waals surface area contributed by atoms with Crippen LogP contribution in [0.3, 0.4) is 0 Å². The zero-order valence-corrected chi connectivity index (χ0v) is 13.7. The number of nitrogens with one attached hydrogen (secondary N) is 1. The minimum Gasteiger partial charge on any atom is -0.369 e. The number of benzene rings is 1. The molecule has 1 N–H and O–H groups in total. The Bertz CT molecular complexity index is 627. The van der Waals surface area contributed by atoms with Crippen LogP contribution in [0.1, 0.15) is 22.3 Å². The molecule has 110 valence electrons. The van der Waals surface area contributed by atoms with Crippen molar-refractivity contribution in [2.24, 2.45) is 0 Å². The largest absolute Gasteiger partial charge is 0.369 e. The molecule has 6 heteroatoms. The summed E-state index contributed by atoms with van der Waals surface area (Å²) in [5.41, 5.74) is 2.89. The van der Waals surface area contributed by atoms with Gasteiger partial charge in [0.15, 0.2) is 0 Å². The van der Waals surface area contributed by atoms with E-state index >= 15 is 0 Å². The Balaban J connectivity index is 1.66. The van der Waals surface area contributed by atoms with Crippen molar-refractivity contribution in [3.8, 4) is 0 Å². The van der Waals surface area contributed by atoms with Crippen LogP contribution in [0.2, 0.25) is 0 Å². The standard InChI is InChI=1S/C15H16IN3O2/c16-10-7-18(8-10)11-3-1-2-9-6-19(15(21)13(9)11)12-4-5-17-14(12)20/h1-3,10,12H,4-8H2,(H,17,20). The highest BCUT2D eigenvalue weighted by molar-refractivity contribution is 14.1. The van der Waals surface area contributed by atoms with E-state index in [2.05, 4.69) is 32.8 Å². The molecule has 2 saturated heterocycles. The number of hydrogen-bond acceptors (Lipinski definition) is 3. The molecule has 3 aliphatic heterocycles. The van der Waals surface area contributed by atoms with Crippen LogP contribution in [0.15, 0.2) is 18.2 Å². The number of anilines is 1. The third-order valence-electron chi connectivity index (χ3n) is 4.52. The smallest absolute Gasteiger partial charge is 0.257 e. The van der Waals surface area contributed by atoms with E-state index in [1.807, 2.05) is 18.2 Å². The summed E-state index contributed by atoms with van der Waals surface area (Å²) >= 11 is 2.44. The summed E-state index contributed by atoms with van der Waals surface area (Å²) in [6.07, 6.45) is 0.716. The molecule has 0 aromatic heterocycles. The average molecular weight is 397 g/mol. The number of amides is 2. The first kappa shape index (κ1) is 13.4. The number of rotatable bonds is 2. The molecule has 0 spiro atoms. The molecule has 2 fully saturated rings. The quantitative estimate of drug-likeness (QED) is 0.602. The van der Waals surface area contributed by atoms with Crippen molar-refractivity contribution in [2.75, 3.05) is 24.5 Å². The van der Waals surface area contributed by atoms with Gasteiger partial charge in [0.2, 0.25) is 5.91 Å². The van der Waals surface area contributed by atoms with E-state index in [1.165, 1.54) is 0 Å². The molecule has 3 aliphatic rings. The predicted octanol–water partition coefficient (Wildman–Crippen LogP) is 1.15. The summed E-state index contributed by atoms with van der Waals surface area (Å²) in [7, 11) is 0. The highest BCUT2D eigenvalue weighted by Gasteiger charge is 2.41. The fraction of sp³-hybridized carbons (Fsp3) is 0.467. The van der Waals surface area contributed by atoms with Crippen molar-refractivity contribution in [3.63, 3.8) is 0 Å². The summed E-state index contributed by atoms with van der Waals surface area (Å²) in [4.78, 5) is 28.7. The predicted molar refractivity (Wildman–Crippen MR) is 87.8 cm³/mol. The number of halogens is 1. The van der Waals surface area contributed by atoms with Crippen molar-refractivity contribution in [1.82, 2.24) is 10.2 Å². The van der Waals surface area contributed by atoms with Gasteiger partial charge < -0.3 is 15.1 Å². The summed E-state index contributed by atoms with van der Waals surface area (Å²) < 4.78 is 0.659. The van der Waals surface area contributed by atoms with E-state index in [-0.39, 0.29) is 17.9 Å². The number of nitrogens with zero attached hydrogens (tertiary/aromatic N) is 2. The molecular formula is C15H16IN3O2. The van der Waals surface area contributed by atoms with Gasteiger partial charge in [-0.1, -0.05) is 34.7 Å². The first-order valence-corrected chi connectivity index (χ1v) is 8.49. The molecule has 2 amide bonds. The van der Waals surface area contributed by atoms with Gasteiger partial charge in [0.25, 0.3) is 5.91 Å². The van der Waals surface area contributed by atoms with E-state index in [4.69, 9.17) is 0 Å². The third-order valence-corrected chi connectivity index (χ3v) is 5.31. The van der Waals surface area contributed by atoms with Gasteiger partial charge in [-0.05, 0) is 18.1 Å². The van der Waals surface area contributed by atoms with Crippen molar-refractivity contribution in [2.45, 2.75) is 22.9 Å². The number of fused-ring (bicyclic) bond motifs is 1. The molecule has 1 aromatic rings. The molecule has 0 bridgehead atoms. The third kappa shape index (κ3) is 2.03. The highest BCUT2D eigenvalue weighted by Crippen LogP contribution is 2.36. The minimum atomic E-state index is -0.300. The molecule has 3 heterocycles. The second kappa shape index (κ2) is 4.86. The van der Waals surface area contributed by atoms with Crippen LogP contribution < -0.4 is 10.2 Å². The Hall–Kier alpha value is -1.31. The van der Waals surface area contributed by atoms with Crippen LogP contribution in [0.4, 0.5) is 5.69 Å². The van der Waals surface area contributed by atoms with E-state index in [9.17, 15) is 9.59 Å². The second-order valence-electron chi connectivity index (χ2n) is 5.84. The van der Waals surface area contributed by atoms with E-state index in [1.54, 1.807) is 4.90 Å². The number of hydrogen-bond donors (Lipinski definition) is 1. The lowest BCUT2D eigenvalue weighted by Crippen LogP contribution is -2.48. The summed E-state index contributed by atoms with van der Waals surface area (Å²) in [5, 5.41) is 2.82. The maximum absolute atomic E-state index is 12.8. The summed E-state index contributed by atoms with van der Waals surface area (Å²) in [6, 6.07) is 5.74. The number of carbonyl (C=O) groups is 2. The van der Waals surface area contributed by atoms with Gasteiger partial charge in [-0.15, -0.1) is 0 Å². The van der Waals surface area contributed by atoms with Crippen molar-refractivity contribution < 1.29 is 9.59 Å². The van der Waals surface area contributed by atoms with Gasteiger partial charge >= 0.3 is 0 Å². The molecule has 0 radical (unpaired) electrons. The minimum absolute atomic E-state index is 0.0135. The number of alkyl halides is 1. The van der Waals surface area contributed by atoms with E-state index in [0.717, 1.165) is 29.9 Å². The van der Waals surface area contributed by atoms with Gasteiger partial charge in [-0.2, -0.15) is 0 Å². The van der Waals surface area contributed by atoms with Crippen LogP contribution in [-0.4, -0.2) is 46.3 Å². The van der Waals surface area contributed by atoms with Crippen LogP contribution >= 0.6 is 22.6 Å². The maximum atomic E-state index is 12.8. The second-order valence-corrected chi connectivity index (χ2v) is 7.60. The van der Waals surface area contributed by atoms with Crippen molar-refractivity contribution in [3.05, 3.63) is 29.3 Å². The highest BCUT2D eigenvalue weighted by atomic mass is 127. The van der Waals surface area contributed by atoms with Crippen molar-refractivity contribution >= 4 is 40.1 Å². The zero-order chi connectivity index (χ0) is 14.6. The van der Waals surface area contributed by atoms with Gasteiger partial charge in [0, 0.05) is 35.8 Å².